The second-order valence-electron chi connectivity index (χ2n) is 5.22. The molecule has 0 amide bonds. The quantitative estimate of drug-likeness (QED) is 0.865. The number of benzene rings is 1. The molecule has 3 rings (SSSR count). The number of rotatable bonds is 3. The first-order valence-electron chi connectivity index (χ1n) is 6.88. The average molecular weight is 292 g/mol. The summed E-state index contributed by atoms with van der Waals surface area (Å²) in [4.78, 5) is 2.31. The molecule has 1 atom stereocenters. The molecule has 1 aromatic carbocycles. The van der Waals surface area contributed by atoms with Crippen LogP contribution < -0.4 is 4.74 Å². The lowest BCUT2D eigenvalue weighted by Gasteiger charge is -2.30. The summed E-state index contributed by atoms with van der Waals surface area (Å²) in [7, 11) is 2.13. The Kier molecular flexibility index (Phi) is 3.94. The smallest absolute Gasteiger partial charge is 0.184 e. The highest BCUT2D eigenvalue weighted by Crippen LogP contribution is 2.33. The lowest BCUT2D eigenvalue weighted by atomic mass is 10.1. The summed E-state index contributed by atoms with van der Waals surface area (Å²) < 4.78 is 7.66. The minimum atomic E-state index is 0.328. The Labute approximate surface area is 123 Å². The van der Waals surface area contributed by atoms with E-state index in [0.29, 0.717) is 16.9 Å². The molecule has 1 aromatic heterocycles. The number of hydrogen-bond acceptors (Lipinski definition) is 3. The standard InChI is InChI=1S/C15H18ClN3O/c1-18-9-5-6-12(11-18)19-15(16)14(10-17-19)20-13-7-3-2-4-8-13/h2-4,7-8,10,12H,5-6,9,11H2,1H3. The van der Waals surface area contributed by atoms with E-state index in [9.17, 15) is 0 Å². The van der Waals surface area contributed by atoms with Gasteiger partial charge in [-0.3, -0.25) is 0 Å². The minimum Gasteiger partial charge on any atom is -0.452 e. The highest BCUT2D eigenvalue weighted by molar-refractivity contribution is 6.31. The van der Waals surface area contributed by atoms with Crippen LogP contribution in [0.5, 0.6) is 11.5 Å². The zero-order chi connectivity index (χ0) is 13.9. The normalized spacial score (nSPS) is 20.0. The molecule has 4 nitrogen and oxygen atoms in total. The summed E-state index contributed by atoms with van der Waals surface area (Å²) in [5, 5.41) is 4.98. The number of hydrogen-bond donors (Lipinski definition) is 0. The summed E-state index contributed by atoms with van der Waals surface area (Å²) >= 11 is 6.41. The van der Waals surface area contributed by atoms with E-state index in [4.69, 9.17) is 16.3 Å². The van der Waals surface area contributed by atoms with Crippen molar-refractivity contribution < 1.29 is 4.74 Å². The van der Waals surface area contributed by atoms with Crippen molar-refractivity contribution in [3.8, 4) is 11.5 Å². The van der Waals surface area contributed by atoms with Gasteiger partial charge in [0.25, 0.3) is 0 Å². The van der Waals surface area contributed by atoms with Crippen LogP contribution in [0.15, 0.2) is 36.5 Å². The van der Waals surface area contributed by atoms with Crippen molar-refractivity contribution in [2.75, 3.05) is 20.1 Å². The van der Waals surface area contributed by atoms with Crippen LogP contribution in [-0.4, -0.2) is 34.8 Å². The predicted octanol–water partition coefficient (Wildman–Crippen LogP) is 3.60. The summed E-state index contributed by atoms with van der Waals surface area (Å²) in [5.41, 5.74) is 0. The first kappa shape index (κ1) is 13.5. The maximum atomic E-state index is 6.41. The highest BCUT2D eigenvalue weighted by Gasteiger charge is 2.23. The van der Waals surface area contributed by atoms with E-state index < -0.39 is 0 Å². The van der Waals surface area contributed by atoms with Crippen molar-refractivity contribution in [1.29, 1.82) is 0 Å². The number of likely N-dealkylation sites (tertiary alicyclic amines) is 1. The molecule has 106 valence electrons. The molecule has 5 heteroatoms. The summed E-state index contributed by atoms with van der Waals surface area (Å²) in [6.07, 6.45) is 3.98. The van der Waals surface area contributed by atoms with Crippen LogP contribution >= 0.6 is 11.6 Å². The Morgan fingerprint density at radius 1 is 1.30 bits per heavy atom. The van der Waals surface area contributed by atoms with Gasteiger partial charge in [0.1, 0.15) is 5.75 Å². The van der Waals surface area contributed by atoms with Crippen molar-refractivity contribution in [2.24, 2.45) is 0 Å². The van der Waals surface area contributed by atoms with Crippen molar-refractivity contribution in [3.63, 3.8) is 0 Å². The van der Waals surface area contributed by atoms with Crippen LogP contribution in [0.25, 0.3) is 0 Å². The second-order valence-corrected chi connectivity index (χ2v) is 5.58. The molecule has 1 aliphatic heterocycles. The third-order valence-corrected chi connectivity index (χ3v) is 3.98. The zero-order valence-corrected chi connectivity index (χ0v) is 12.3. The molecule has 0 radical (unpaired) electrons. The Bertz CT molecular complexity index is 570. The molecule has 2 aromatic rings. The molecule has 2 heterocycles. The van der Waals surface area contributed by atoms with E-state index in [-0.39, 0.29) is 0 Å². The van der Waals surface area contributed by atoms with Crippen LogP contribution in [0.1, 0.15) is 18.9 Å². The molecular formula is C15H18ClN3O. The van der Waals surface area contributed by atoms with Gasteiger partial charge in [-0.15, -0.1) is 0 Å². The SMILES string of the molecule is CN1CCCC(n2ncc(Oc3ccccc3)c2Cl)C1. The van der Waals surface area contributed by atoms with Crippen LogP contribution in [0.3, 0.4) is 0 Å². The minimum absolute atomic E-state index is 0.328. The van der Waals surface area contributed by atoms with Gasteiger partial charge in [0.2, 0.25) is 0 Å². The van der Waals surface area contributed by atoms with Gasteiger partial charge in [-0.25, -0.2) is 4.68 Å². The highest BCUT2D eigenvalue weighted by atomic mass is 35.5. The molecule has 0 spiro atoms. The number of nitrogens with zero attached hydrogens (tertiary/aromatic N) is 3. The van der Waals surface area contributed by atoms with Gasteiger partial charge in [-0.1, -0.05) is 29.8 Å². The monoisotopic (exact) mass is 291 g/mol. The number of aromatic nitrogens is 2. The van der Waals surface area contributed by atoms with Gasteiger partial charge in [-0.2, -0.15) is 5.10 Å². The molecule has 0 bridgehead atoms. The van der Waals surface area contributed by atoms with Crippen molar-refractivity contribution in [2.45, 2.75) is 18.9 Å². The molecule has 20 heavy (non-hydrogen) atoms. The van der Waals surface area contributed by atoms with E-state index in [2.05, 4.69) is 17.0 Å². The molecule has 1 saturated heterocycles. The Hall–Kier alpha value is -1.52. The van der Waals surface area contributed by atoms with Crippen LogP contribution in [0, 0.1) is 0 Å². The summed E-state index contributed by atoms with van der Waals surface area (Å²) in [5.74, 6) is 1.39. The van der Waals surface area contributed by atoms with E-state index in [1.165, 1.54) is 6.42 Å². The van der Waals surface area contributed by atoms with Gasteiger partial charge >= 0.3 is 0 Å². The molecular weight excluding hydrogens is 274 g/mol. The van der Waals surface area contributed by atoms with E-state index in [0.717, 1.165) is 25.3 Å². The number of ether oxygens (including phenoxy) is 1. The van der Waals surface area contributed by atoms with Crippen LogP contribution in [0.4, 0.5) is 0 Å². The lowest BCUT2D eigenvalue weighted by Crippen LogP contribution is -2.34. The topological polar surface area (TPSA) is 30.3 Å². The largest absolute Gasteiger partial charge is 0.452 e. The fraction of sp³-hybridized carbons (Fsp3) is 0.400. The number of halogens is 1. The Balaban J connectivity index is 1.78. The average Bonchev–Trinajstić information content (AvgIpc) is 2.81. The van der Waals surface area contributed by atoms with Crippen molar-refractivity contribution in [3.05, 3.63) is 41.7 Å². The summed E-state index contributed by atoms with van der Waals surface area (Å²) in [6.45, 7) is 2.12. The maximum absolute atomic E-state index is 6.41. The molecule has 0 N–H and O–H groups in total. The molecule has 1 fully saturated rings. The Morgan fingerprint density at radius 2 is 2.10 bits per heavy atom. The zero-order valence-electron chi connectivity index (χ0n) is 11.5. The maximum Gasteiger partial charge on any atom is 0.184 e. The Morgan fingerprint density at radius 3 is 2.85 bits per heavy atom. The third kappa shape index (κ3) is 2.81. The number of likely N-dealkylation sites (N-methyl/N-ethyl adjacent to an activating group) is 1. The number of piperidine rings is 1. The van der Waals surface area contributed by atoms with Gasteiger partial charge < -0.3 is 9.64 Å². The van der Waals surface area contributed by atoms with Crippen LogP contribution in [0.2, 0.25) is 5.15 Å². The fourth-order valence-corrected chi connectivity index (χ4v) is 2.88. The molecule has 1 aliphatic rings. The van der Waals surface area contributed by atoms with Gasteiger partial charge in [0.05, 0.1) is 12.2 Å². The van der Waals surface area contributed by atoms with E-state index in [1.54, 1.807) is 6.20 Å². The molecule has 0 aliphatic carbocycles. The van der Waals surface area contributed by atoms with Crippen molar-refractivity contribution in [1.82, 2.24) is 14.7 Å². The van der Waals surface area contributed by atoms with Gasteiger partial charge in [-0.05, 0) is 38.6 Å². The van der Waals surface area contributed by atoms with E-state index >= 15 is 0 Å². The number of para-hydroxylation sites is 1. The lowest BCUT2D eigenvalue weighted by molar-refractivity contribution is 0.202. The van der Waals surface area contributed by atoms with Crippen LogP contribution in [-0.2, 0) is 0 Å². The predicted molar refractivity (Wildman–Crippen MR) is 79.5 cm³/mol. The van der Waals surface area contributed by atoms with E-state index in [1.807, 2.05) is 35.0 Å². The van der Waals surface area contributed by atoms with Gasteiger partial charge in [0.15, 0.2) is 10.9 Å². The van der Waals surface area contributed by atoms with Gasteiger partial charge in [0, 0.05) is 6.54 Å². The molecule has 0 saturated carbocycles. The first-order valence-corrected chi connectivity index (χ1v) is 7.26. The molecule has 1 unspecified atom stereocenters. The summed E-state index contributed by atoms with van der Waals surface area (Å²) in [6, 6.07) is 9.96. The third-order valence-electron chi connectivity index (χ3n) is 3.62. The fourth-order valence-electron chi connectivity index (χ4n) is 2.61. The first-order chi connectivity index (χ1) is 9.74. The van der Waals surface area contributed by atoms with Crippen molar-refractivity contribution >= 4 is 11.6 Å². The second kappa shape index (κ2) is 5.85.